The summed E-state index contributed by atoms with van der Waals surface area (Å²) in [7, 11) is 4.73. The number of aromatic nitrogens is 3. The van der Waals surface area contributed by atoms with Crippen LogP contribution in [-0.2, 0) is 4.74 Å². The third-order valence-electron chi connectivity index (χ3n) is 5.39. The summed E-state index contributed by atoms with van der Waals surface area (Å²) in [6.07, 6.45) is 0.676. The van der Waals surface area contributed by atoms with Gasteiger partial charge in [-0.1, -0.05) is 0 Å². The molecule has 0 aliphatic carbocycles. The van der Waals surface area contributed by atoms with E-state index in [4.69, 9.17) is 14.2 Å². The SMILES string of the molecule is COCCCNC(=O)c1cc(-c2ccc(OC)c(OC)c2)nc2n[nH]c(-c3ccc(F)cc3)c12. The first-order valence-corrected chi connectivity index (χ1v) is 10.7. The van der Waals surface area contributed by atoms with Crippen molar-refractivity contribution in [1.82, 2.24) is 20.5 Å². The van der Waals surface area contributed by atoms with Gasteiger partial charge < -0.3 is 19.5 Å². The van der Waals surface area contributed by atoms with E-state index in [2.05, 4.69) is 20.5 Å². The summed E-state index contributed by atoms with van der Waals surface area (Å²) in [5.74, 6) is 0.510. The second-order valence-corrected chi connectivity index (χ2v) is 7.53. The number of amides is 1. The summed E-state index contributed by atoms with van der Waals surface area (Å²) < 4.78 is 29.3. The van der Waals surface area contributed by atoms with E-state index in [1.54, 1.807) is 51.7 Å². The summed E-state index contributed by atoms with van der Waals surface area (Å²) in [4.78, 5) is 17.9. The van der Waals surface area contributed by atoms with Crippen molar-refractivity contribution in [2.24, 2.45) is 0 Å². The Bertz CT molecular complexity index is 1300. The van der Waals surface area contributed by atoms with Gasteiger partial charge >= 0.3 is 0 Å². The van der Waals surface area contributed by atoms with E-state index in [1.165, 1.54) is 12.1 Å². The van der Waals surface area contributed by atoms with Crippen LogP contribution >= 0.6 is 0 Å². The van der Waals surface area contributed by atoms with Crippen molar-refractivity contribution >= 4 is 16.9 Å². The number of hydrogen-bond donors (Lipinski definition) is 2. The van der Waals surface area contributed by atoms with Crippen LogP contribution in [0.15, 0.2) is 48.5 Å². The Labute approximate surface area is 196 Å². The van der Waals surface area contributed by atoms with Crippen molar-refractivity contribution in [2.45, 2.75) is 6.42 Å². The first-order valence-electron chi connectivity index (χ1n) is 10.7. The molecule has 9 heteroatoms. The number of benzene rings is 2. The first-order chi connectivity index (χ1) is 16.5. The number of halogens is 1. The van der Waals surface area contributed by atoms with Gasteiger partial charge in [-0.3, -0.25) is 9.89 Å². The molecule has 2 heterocycles. The monoisotopic (exact) mass is 464 g/mol. The van der Waals surface area contributed by atoms with E-state index in [0.717, 1.165) is 5.56 Å². The van der Waals surface area contributed by atoms with Gasteiger partial charge in [0.05, 0.1) is 36.6 Å². The van der Waals surface area contributed by atoms with Crippen LogP contribution in [0.2, 0.25) is 0 Å². The quantitative estimate of drug-likeness (QED) is 0.360. The number of fused-ring (bicyclic) bond motifs is 1. The maximum absolute atomic E-state index is 13.5. The third kappa shape index (κ3) is 4.69. The molecule has 0 aliphatic heterocycles. The molecule has 0 unspecified atom stereocenters. The molecule has 0 atom stereocenters. The van der Waals surface area contributed by atoms with Crippen LogP contribution in [0.4, 0.5) is 4.39 Å². The number of H-pyrrole nitrogens is 1. The highest BCUT2D eigenvalue weighted by Gasteiger charge is 2.21. The van der Waals surface area contributed by atoms with Crippen LogP contribution in [0.1, 0.15) is 16.8 Å². The molecule has 34 heavy (non-hydrogen) atoms. The van der Waals surface area contributed by atoms with Crippen molar-refractivity contribution in [3.63, 3.8) is 0 Å². The molecule has 0 bridgehead atoms. The van der Waals surface area contributed by atoms with Crippen LogP contribution in [-0.4, -0.2) is 55.6 Å². The van der Waals surface area contributed by atoms with E-state index in [1.807, 2.05) is 6.07 Å². The fourth-order valence-electron chi connectivity index (χ4n) is 3.69. The smallest absolute Gasteiger partial charge is 0.252 e. The van der Waals surface area contributed by atoms with Gasteiger partial charge in [0.1, 0.15) is 5.82 Å². The Morgan fingerprint density at radius 3 is 2.44 bits per heavy atom. The molecule has 0 aliphatic rings. The Balaban J connectivity index is 1.83. The fourth-order valence-corrected chi connectivity index (χ4v) is 3.69. The standard InChI is InChI=1S/C25H25FN4O4/c1-32-12-4-11-27-25(31)18-14-19(16-7-10-20(33-2)21(13-16)34-3)28-24-22(18)23(29-30-24)15-5-8-17(26)9-6-15/h5-10,13-14H,4,11-12H2,1-3H3,(H,27,31)(H,28,29,30). The predicted molar refractivity (Wildman–Crippen MR) is 127 cm³/mol. The van der Waals surface area contributed by atoms with Gasteiger partial charge in [0, 0.05) is 31.4 Å². The van der Waals surface area contributed by atoms with E-state index in [9.17, 15) is 9.18 Å². The molecule has 1 amide bonds. The Morgan fingerprint density at radius 1 is 1.00 bits per heavy atom. The van der Waals surface area contributed by atoms with Gasteiger partial charge in [-0.05, 0) is 55.0 Å². The highest BCUT2D eigenvalue weighted by atomic mass is 19.1. The van der Waals surface area contributed by atoms with Gasteiger partial charge in [0.15, 0.2) is 17.1 Å². The molecular weight excluding hydrogens is 439 g/mol. The number of carbonyl (C=O) groups is 1. The van der Waals surface area contributed by atoms with Gasteiger partial charge in [-0.2, -0.15) is 5.10 Å². The zero-order valence-electron chi connectivity index (χ0n) is 19.1. The number of aromatic amines is 1. The number of methoxy groups -OCH3 is 3. The summed E-state index contributed by atoms with van der Waals surface area (Å²) >= 11 is 0. The van der Waals surface area contributed by atoms with Crippen LogP contribution in [0, 0.1) is 5.82 Å². The normalized spacial score (nSPS) is 10.9. The molecule has 0 spiro atoms. The number of rotatable bonds is 9. The number of pyridine rings is 1. The molecule has 4 rings (SSSR count). The lowest BCUT2D eigenvalue weighted by molar-refractivity contribution is 0.0950. The number of nitrogens with zero attached hydrogens (tertiary/aromatic N) is 2. The molecule has 0 radical (unpaired) electrons. The predicted octanol–water partition coefficient (Wildman–Crippen LogP) is 4.21. The second-order valence-electron chi connectivity index (χ2n) is 7.53. The zero-order chi connectivity index (χ0) is 24.1. The summed E-state index contributed by atoms with van der Waals surface area (Å²) in [6.45, 7) is 0.987. The van der Waals surface area contributed by atoms with Crippen molar-refractivity contribution in [3.8, 4) is 34.0 Å². The minimum absolute atomic E-state index is 0.269. The van der Waals surface area contributed by atoms with Gasteiger partial charge in [0.2, 0.25) is 0 Å². The number of ether oxygens (including phenoxy) is 3. The van der Waals surface area contributed by atoms with Gasteiger partial charge in [0.25, 0.3) is 5.91 Å². The molecule has 8 nitrogen and oxygen atoms in total. The first kappa shape index (κ1) is 23.2. The summed E-state index contributed by atoms with van der Waals surface area (Å²) in [5.41, 5.74) is 3.34. The minimum Gasteiger partial charge on any atom is -0.493 e. The van der Waals surface area contributed by atoms with Crippen molar-refractivity contribution < 1.29 is 23.4 Å². The van der Waals surface area contributed by atoms with E-state index < -0.39 is 0 Å². The average Bonchev–Trinajstić information content (AvgIpc) is 3.30. The second kappa shape index (κ2) is 10.3. The lowest BCUT2D eigenvalue weighted by atomic mass is 10.0. The van der Waals surface area contributed by atoms with Crippen molar-refractivity contribution in [2.75, 3.05) is 34.5 Å². The van der Waals surface area contributed by atoms with E-state index in [-0.39, 0.29) is 11.7 Å². The molecule has 0 fully saturated rings. The Kier molecular flexibility index (Phi) is 7.03. The molecule has 0 saturated heterocycles. The maximum atomic E-state index is 13.5. The molecule has 0 saturated carbocycles. The molecule has 2 aromatic heterocycles. The molecule has 176 valence electrons. The molecule has 2 aromatic carbocycles. The highest BCUT2D eigenvalue weighted by Crippen LogP contribution is 2.35. The number of carbonyl (C=O) groups excluding carboxylic acids is 1. The highest BCUT2D eigenvalue weighted by molar-refractivity contribution is 6.11. The van der Waals surface area contributed by atoms with E-state index in [0.29, 0.717) is 64.6 Å². The number of nitrogens with one attached hydrogen (secondary N) is 2. The fraction of sp³-hybridized carbons (Fsp3) is 0.240. The Hall–Kier alpha value is -3.98. The van der Waals surface area contributed by atoms with Gasteiger partial charge in [-0.15, -0.1) is 0 Å². The summed E-state index contributed by atoms with van der Waals surface area (Å²) in [5, 5.41) is 10.8. The van der Waals surface area contributed by atoms with Gasteiger partial charge in [-0.25, -0.2) is 9.37 Å². The molecular formula is C25H25FN4O4. The summed E-state index contributed by atoms with van der Waals surface area (Å²) in [6, 6.07) is 13.1. The number of hydrogen-bond acceptors (Lipinski definition) is 6. The van der Waals surface area contributed by atoms with Crippen LogP contribution in [0.5, 0.6) is 11.5 Å². The third-order valence-corrected chi connectivity index (χ3v) is 5.39. The largest absolute Gasteiger partial charge is 0.493 e. The molecule has 4 aromatic rings. The van der Waals surface area contributed by atoms with E-state index >= 15 is 0 Å². The van der Waals surface area contributed by atoms with Crippen molar-refractivity contribution in [3.05, 3.63) is 59.9 Å². The maximum Gasteiger partial charge on any atom is 0.252 e. The Morgan fingerprint density at radius 2 is 1.74 bits per heavy atom. The topological polar surface area (TPSA) is 98.4 Å². The van der Waals surface area contributed by atoms with Crippen LogP contribution in [0.25, 0.3) is 33.5 Å². The van der Waals surface area contributed by atoms with Crippen LogP contribution < -0.4 is 14.8 Å². The lowest BCUT2D eigenvalue weighted by Crippen LogP contribution is -2.25. The van der Waals surface area contributed by atoms with Crippen LogP contribution in [0.3, 0.4) is 0 Å². The minimum atomic E-state index is -0.349. The average molecular weight is 464 g/mol. The van der Waals surface area contributed by atoms with Crippen molar-refractivity contribution in [1.29, 1.82) is 0 Å². The zero-order valence-corrected chi connectivity index (χ0v) is 19.1. The lowest BCUT2D eigenvalue weighted by Gasteiger charge is -2.12. The molecule has 2 N–H and O–H groups in total.